The van der Waals surface area contributed by atoms with Crippen LogP contribution in [0.1, 0.15) is 26.7 Å². The molecule has 0 saturated heterocycles. The van der Waals surface area contributed by atoms with Crippen LogP contribution in [0.25, 0.3) is 0 Å². The molecule has 18 heavy (non-hydrogen) atoms. The molecule has 0 aromatic heterocycles. The first-order valence-electron chi connectivity index (χ1n) is 7.44. The molecule has 1 aliphatic carbocycles. The smallest absolute Gasteiger partial charge is 0.0110 e. The van der Waals surface area contributed by atoms with E-state index >= 15 is 0 Å². The first kappa shape index (κ1) is 15.9. The Morgan fingerprint density at radius 3 is 2.28 bits per heavy atom. The number of nitrogens with one attached hydrogen (secondary N) is 1. The molecule has 0 bridgehead atoms. The Balaban J connectivity index is 2.46. The molecule has 1 rings (SSSR count). The lowest BCUT2D eigenvalue weighted by atomic mass is 9.72. The molecule has 1 aliphatic rings. The topological polar surface area (TPSA) is 18.5 Å². The molecule has 0 heterocycles. The molecule has 1 N–H and O–H groups in total. The fraction of sp³-hybridized carbons (Fsp3) is 1.00. The zero-order valence-electron chi connectivity index (χ0n) is 13.2. The van der Waals surface area contributed by atoms with Gasteiger partial charge in [0.05, 0.1) is 0 Å². The molecule has 0 aromatic carbocycles. The van der Waals surface area contributed by atoms with E-state index in [0.717, 1.165) is 24.3 Å². The SMILES string of the molecule is CNC1CC(C)CC(C)C1CN(C)CCN(C)C. The van der Waals surface area contributed by atoms with Gasteiger partial charge in [0.1, 0.15) is 0 Å². The summed E-state index contributed by atoms with van der Waals surface area (Å²) in [5.74, 6) is 2.52. The Labute approximate surface area is 114 Å². The summed E-state index contributed by atoms with van der Waals surface area (Å²) >= 11 is 0. The highest BCUT2D eigenvalue weighted by Gasteiger charge is 2.33. The van der Waals surface area contributed by atoms with E-state index in [1.165, 1.54) is 25.9 Å². The molecule has 4 atom stereocenters. The second-order valence-corrected chi connectivity index (χ2v) is 6.68. The summed E-state index contributed by atoms with van der Waals surface area (Å²) in [4.78, 5) is 4.76. The monoisotopic (exact) mass is 255 g/mol. The van der Waals surface area contributed by atoms with Gasteiger partial charge in [-0.25, -0.2) is 0 Å². The molecular formula is C15H33N3. The van der Waals surface area contributed by atoms with Gasteiger partial charge in [-0.2, -0.15) is 0 Å². The third-order valence-corrected chi connectivity index (χ3v) is 4.50. The van der Waals surface area contributed by atoms with Gasteiger partial charge in [0.25, 0.3) is 0 Å². The lowest BCUT2D eigenvalue weighted by molar-refractivity contribution is 0.112. The third kappa shape index (κ3) is 4.87. The molecular weight excluding hydrogens is 222 g/mol. The Morgan fingerprint density at radius 2 is 1.72 bits per heavy atom. The van der Waals surface area contributed by atoms with Crippen LogP contribution in [0.2, 0.25) is 0 Å². The van der Waals surface area contributed by atoms with Gasteiger partial charge >= 0.3 is 0 Å². The van der Waals surface area contributed by atoms with Crippen LogP contribution in [0.4, 0.5) is 0 Å². The number of hydrogen-bond acceptors (Lipinski definition) is 3. The molecule has 108 valence electrons. The van der Waals surface area contributed by atoms with Crippen LogP contribution >= 0.6 is 0 Å². The van der Waals surface area contributed by atoms with Gasteiger partial charge in [0.15, 0.2) is 0 Å². The Kier molecular flexibility index (Phi) is 6.61. The molecule has 0 aliphatic heterocycles. The van der Waals surface area contributed by atoms with Crippen LogP contribution in [-0.4, -0.2) is 63.7 Å². The highest BCUT2D eigenvalue weighted by atomic mass is 15.2. The lowest BCUT2D eigenvalue weighted by Gasteiger charge is -2.41. The minimum atomic E-state index is 0.700. The normalized spacial score (nSPS) is 33.3. The maximum absolute atomic E-state index is 3.55. The van der Waals surface area contributed by atoms with E-state index in [4.69, 9.17) is 0 Å². The van der Waals surface area contributed by atoms with E-state index in [1.807, 2.05) is 0 Å². The van der Waals surface area contributed by atoms with Gasteiger partial charge in [-0.3, -0.25) is 0 Å². The number of likely N-dealkylation sites (N-methyl/N-ethyl adjacent to an activating group) is 2. The van der Waals surface area contributed by atoms with Crippen molar-refractivity contribution in [1.82, 2.24) is 15.1 Å². The van der Waals surface area contributed by atoms with Crippen molar-refractivity contribution in [2.75, 3.05) is 47.8 Å². The lowest BCUT2D eigenvalue weighted by Crippen LogP contribution is -2.48. The summed E-state index contributed by atoms with van der Waals surface area (Å²) in [6.45, 7) is 8.38. The molecule has 1 saturated carbocycles. The summed E-state index contributed by atoms with van der Waals surface area (Å²) in [6.07, 6.45) is 2.73. The second kappa shape index (κ2) is 7.46. The molecule has 4 unspecified atom stereocenters. The van der Waals surface area contributed by atoms with Crippen LogP contribution < -0.4 is 5.32 Å². The number of rotatable bonds is 6. The second-order valence-electron chi connectivity index (χ2n) is 6.68. The van der Waals surface area contributed by atoms with E-state index in [1.54, 1.807) is 0 Å². The van der Waals surface area contributed by atoms with Gasteiger partial charge in [0.2, 0.25) is 0 Å². The van der Waals surface area contributed by atoms with Crippen molar-refractivity contribution in [3.63, 3.8) is 0 Å². The van der Waals surface area contributed by atoms with E-state index in [0.29, 0.717) is 6.04 Å². The highest BCUT2D eigenvalue weighted by molar-refractivity contribution is 4.88. The van der Waals surface area contributed by atoms with Gasteiger partial charge < -0.3 is 15.1 Å². The highest BCUT2D eigenvalue weighted by Crippen LogP contribution is 2.33. The van der Waals surface area contributed by atoms with Gasteiger partial charge in [-0.1, -0.05) is 13.8 Å². The minimum Gasteiger partial charge on any atom is -0.317 e. The number of nitrogens with zero attached hydrogens (tertiary/aromatic N) is 2. The maximum Gasteiger partial charge on any atom is 0.0110 e. The van der Waals surface area contributed by atoms with Crippen molar-refractivity contribution in [2.45, 2.75) is 32.7 Å². The molecule has 3 nitrogen and oxygen atoms in total. The molecule has 0 amide bonds. The molecule has 0 radical (unpaired) electrons. The largest absolute Gasteiger partial charge is 0.317 e. The first-order valence-corrected chi connectivity index (χ1v) is 7.44. The average Bonchev–Trinajstić information content (AvgIpc) is 2.29. The Bertz CT molecular complexity index is 230. The van der Waals surface area contributed by atoms with Crippen LogP contribution in [0.3, 0.4) is 0 Å². The van der Waals surface area contributed by atoms with E-state index < -0.39 is 0 Å². The van der Waals surface area contributed by atoms with Gasteiger partial charge in [0, 0.05) is 25.7 Å². The summed E-state index contributed by atoms with van der Waals surface area (Å²) in [7, 11) is 8.69. The predicted octanol–water partition coefficient (Wildman–Crippen LogP) is 1.75. The van der Waals surface area contributed by atoms with E-state index in [9.17, 15) is 0 Å². The zero-order valence-corrected chi connectivity index (χ0v) is 13.2. The standard InChI is InChI=1S/C15H33N3/c1-12-9-13(2)14(15(10-12)16-3)11-18(6)8-7-17(4)5/h12-16H,7-11H2,1-6H3. The quantitative estimate of drug-likeness (QED) is 0.780. The summed E-state index contributed by atoms with van der Waals surface area (Å²) in [6, 6.07) is 0.700. The van der Waals surface area contributed by atoms with Crippen LogP contribution in [0.15, 0.2) is 0 Å². The summed E-state index contributed by atoms with van der Waals surface area (Å²) in [5.41, 5.74) is 0. The summed E-state index contributed by atoms with van der Waals surface area (Å²) in [5, 5.41) is 3.55. The van der Waals surface area contributed by atoms with Crippen LogP contribution in [-0.2, 0) is 0 Å². The van der Waals surface area contributed by atoms with Crippen LogP contribution in [0, 0.1) is 17.8 Å². The Morgan fingerprint density at radius 1 is 1.06 bits per heavy atom. The minimum absolute atomic E-state index is 0.700. The van der Waals surface area contributed by atoms with Crippen molar-refractivity contribution < 1.29 is 0 Å². The van der Waals surface area contributed by atoms with Crippen molar-refractivity contribution in [3.05, 3.63) is 0 Å². The van der Waals surface area contributed by atoms with Crippen molar-refractivity contribution in [1.29, 1.82) is 0 Å². The van der Waals surface area contributed by atoms with Gasteiger partial charge in [-0.05, 0) is 58.8 Å². The third-order valence-electron chi connectivity index (χ3n) is 4.50. The fourth-order valence-corrected chi connectivity index (χ4v) is 3.37. The molecule has 3 heteroatoms. The average molecular weight is 255 g/mol. The summed E-state index contributed by atoms with van der Waals surface area (Å²) < 4.78 is 0. The van der Waals surface area contributed by atoms with Crippen molar-refractivity contribution >= 4 is 0 Å². The molecule has 0 spiro atoms. The fourth-order valence-electron chi connectivity index (χ4n) is 3.37. The Hall–Kier alpha value is -0.120. The maximum atomic E-state index is 3.55. The molecule has 0 aromatic rings. The van der Waals surface area contributed by atoms with Crippen molar-refractivity contribution in [2.24, 2.45) is 17.8 Å². The van der Waals surface area contributed by atoms with Crippen molar-refractivity contribution in [3.8, 4) is 0 Å². The molecule has 1 fully saturated rings. The predicted molar refractivity (Wildman–Crippen MR) is 80.0 cm³/mol. The first-order chi connectivity index (χ1) is 8.43. The van der Waals surface area contributed by atoms with E-state index in [2.05, 4.69) is 57.2 Å². The zero-order chi connectivity index (χ0) is 13.7. The number of hydrogen-bond donors (Lipinski definition) is 1. The van der Waals surface area contributed by atoms with Gasteiger partial charge in [-0.15, -0.1) is 0 Å². The van der Waals surface area contributed by atoms with E-state index in [-0.39, 0.29) is 0 Å². The van der Waals surface area contributed by atoms with Crippen LogP contribution in [0.5, 0.6) is 0 Å².